The van der Waals surface area contributed by atoms with Crippen LogP contribution in [0.4, 0.5) is 5.82 Å². The first-order valence-corrected chi connectivity index (χ1v) is 6.97. The summed E-state index contributed by atoms with van der Waals surface area (Å²) in [5.74, 6) is 0.931. The summed E-state index contributed by atoms with van der Waals surface area (Å²) in [4.78, 5) is 6.48. The normalized spacial score (nSPS) is 13.4. The van der Waals surface area contributed by atoms with Gasteiger partial charge in [-0.15, -0.1) is 0 Å². The Morgan fingerprint density at radius 1 is 1.47 bits per heavy atom. The monoisotopic (exact) mass is 265 g/mol. The molecule has 0 aliphatic carbocycles. The molecule has 0 aromatic carbocycles. The maximum Gasteiger partial charge on any atom is 0.133 e. The number of nitrogens with zero attached hydrogens (tertiary/aromatic N) is 2. The molecule has 19 heavy (non-hydrogen) atoms. The van der Waals surface area contributed by atoms with E-state index in [0.717, 1.165) is 18.8 Å². The summed E-state index contributed by atoms with van der Waals surface area (Å²) in [7, 11) is 1.97. The van der Waals surface area contributed by atoms with E-state index in [-0.39, 0.29) is 6.04 Å². The first-order valence-electron chi connectivity index (χ1n) is 6.97. The minimum Gasteiger partial charge on any atom is -0.389 e. The molecule has 1 heterocycles. The highest BCUT2D eigenvalue weighted by atomic mass is 16.3. The molecule has 1 unspecified atom stereocenters. The Labute approximate surface area is 116 Å². The highest BCUT2D eigenvalue weighted by Gasteiger charge is 2.20. The van der Waals surface area contributed by atoms with E-state index < -0.39 is 5.60 Å². The van der Waals surface area contributed by atoms with E-state index in [1.165, 1.54) is 5.56 Å². The molecule has 4 nitrogen and oxygen atoms in total. The summed E-state index contributed by atoms with van der Waals surface area (Å²) in [6.07, 6.45) is 2.91. The first kappa shape index (κ1) is 15.9. The summed E-state index contributed by atoms with van der Waals surface area (Å²) in [5.41, 5.74) is 0.437. The second kappa shape index (κ2) is 6.87. The van der Waals surface area contributed by atoms with Crippen molar-refractivity contribution >= 4 is 5.82 Å². The fraction of sp³-hybridized carbons (Fsp3) is 0.667. The average Bonchev–Trinajstić information content (AvgIpc) is 2.34. The predicted molar refractivity (Wildman–Crippen MR) is 80.5 cm³/mol. The minimum atomic E-state index is -0.733. The number of anilines is 1. The summed E-state index contributed by atoms with van der Waals surface area (Å²) in [5, 5.41) is 13.4. The summed E-state index contributed by atoms with van der Waals surface area (Å²) in [6.45, 7) is 9.47. The zero-order valence-electron chi connectivity index (χ0n) is 12.8. The fourth-order valence-electron chi connectivity index (χ4n) is 2.19. The summed E-state index contributed by atoms with van der Waals surface area (Å²) >= 11 is 0. The molecule has 1 rings (SSSR count). The number of rotatable bonds is 7. The van der Waals surface area contributed by atoms with Gasteiger partial charge in [0, 0.05) is 31.4 Å². The lowest BCUT2D eigenvalue weighted by molar-refractivity contribution is 0.0884. The smallest absolute Gasteiger partial charge is 0.133 e. The van der Waals surface area contributed by atoms with Crippen molar-refractivity contribution in [2.45, 2.75) is 45.8 Å². The molecule has 0 bridgehead atoms. The molecule has 108 valence electrons. The van der Waals surface area contributed by atoms with Crippen LogP contribution < -0.4 is 10.2 Å². The van der Waals surface area contributed by atoms with Gasteiger partial charge in [0.1, 0.15) is 5.82 Å². The van der Waals surface area contributed by atoms with Gasteiger partial charge in [-0.3, -0.25) is 0 Å². The van der Waals surface area contributed by atoms with Crippen LogP contribution in [0.2, 0.25) is 0 Å². The van der Waals surface area contributed by atoms with E-state index in [4.69, 9.17) is 0 Å². The molecule has 0 saturated heterocycles. The van der Waals surface area contributed by atoms with Gasteiger partial charge in [0.25, 0.3) is 0 Å². The predicted octanol–water partition coefficient (Wildman–Crippen LogP) is 2.35. The van der Waals surface area contributed by atoms with Crippen LogP contribution >= 0.6 is 0 Å². The van der Waals surface area contributed by atoms with Gasteiger partial charge >= 0.3 is 0 Å². The number of nitrogens with one attached hydrogen (secondary N) is 1. The molecule has 1 aromatic heterocycles. The van der Waals surface area contributed by atoms with Gasteiger partial charge < -0.3 is 15.3 Å². The third-order valence-corrected chi connectivity index (χ3v) is 2.97. The van der Waals surface area contributed by atoms with Crippen LogP contribution in [0.1, 0.15) is 45.7 Å². The van der Waals surface area contributed by atoms with Gasteiger partial charge in [0.15, 0.2) is 0 Å². The second-order valence-electron chi connectivity index (χ2n) is 5.76. The molecule has 1 aromatic rings. The van der Waals surface area contributed by atoms with Gasteiger partial charge in [0.2, 0.25) is 0 Å². The molecular formula is C15H27N3O. The number of hydrogen-bond donors (Lipinski definition) is 2. The maximum absolute atomic E-state index is 9.94. The van der Waals surface area contributed by atoms with E-state index in [1.807, 2.05) is 31.9 Å². The van der Waals surface area contributed by atoms with Gasteiger partial charge in [0.05, 0.1) is 5.60 Å². The van der Waals surface area contributed by atoms with Gasteiger partial charge in [-0.05, 0) is 39.8 Å². The SMILES string of the molecule is CCCNC(C)c1cccnc1N(C)CC(C)(C)O. The Kier molecular flexibility index (Phi) is 5.76. The van der Waals surface area contributed by atoms with Crippen LogP contribution in [-0.2, 0) is 0 Å². The minimum absolute atomic E-state index is 0.257. The lowest BCUT2D eigenvalue weighted by Gasteiger charge is -2.29. The van der Waals surface area contributed by atoms with Crippen molar-refractivity contribution in [3.8, 4) is 0 Å². The van der Waals surface area contributed by atoms with E-state index >= 15 is 0 Å². The number of pyridine rings is 1. The first-order chi connectivity index (χ1) is 8.85. The van der Waals surface area contributed by atoms with Crippen LogP contribution in [0.25, 0.3) is 0 Å². The molecule has 0 spiro atoms. The third-order valence-electron chi connectivity index (χ3n) is 2.97. The van der Waals surface area contributed by atoms with Crippen LogP contribution in [0.5, 0.6) is 0 Å². The zero-order chi connectivity index (χ0) is 14.5. The summed E-state index contributed by atoms with van der Waals surface area (Å²) < 4.78 is 0. The molecule has 0 fully saturated rings. The van der Waals surface area contributed by atoms with Crippen molar-refractivity contribution in [1.29, 1.82) is 0 Å². The average molecular weight is 265 g/mol. The number of hydrogen-bond acceptors (Lipinski definition) is 4. The molecule has 0 radical (unpaired) electrons. The van der Waals surface area contributed by atoms with Gasteiger partial charge in [-0.2, -0.15) is 0 Å². The molecular weight excluding hydrogens is 238 g/mol. The third kappa shape index (κ3) is 5.17. The standard InChI is InChI=1S/C15H27N3O/c1-6-9-16-12(2)13-8-7-10-17-14(13)18(5)11-15(3,4)19/h7-8,10,12,16,19H,6,9,11H2,1-5H3. The quantitative estimate of drug-likeness (QED) is 0.794. The van der Waals surface area contributed by atoms with Crippen LogP contribution in [-0.4, -0.2) is 35.8 Å². The van der Waals surface area contributed by atoms with Crippen LogP contribution in [0.3, 0.4) is 0 Å². The molecule has 4 heteroatoms. The Balaban J connectivity index is 2.88. The van der Waals surface area contributed by atoms with Crippen molar-refractivity contribution in [3.05, 3.63) is 23.9 Å². The maximum atomic E-state index is 9.94. The fourth-order valence-corrected chi connectivity index (χ4v) is 2.19. The molecule has 1 atom stereocenters. The van der Waals surface area contributed by atoms with Gasteiger partial charge in [-0.25, -0.2) is 4.98 Å². The van der Waals surface area contributed by atoms with E-state index in [0.29, 0.717) is 6.54 Å². The topological polar surface area (TPSA) is 48.4 Å². The van der Waals surface area contributed by atoms with E-state index in [2.05, 4.69) is 30.2 Å². The van der Waals surface area contributed by atoms with Crippen LogP contribution in [0.15, 0.2) is 18.3 Å². The van der Waals surface area contributed by atoms with Crippen molar-refractivity contribution in [2.24, 2.45) is 0 Å². The number of aromatic nitrogens is 1. The Morgan fingerprint density at radius 2 is 2.16 bits per heavy atom. The van der Waals surface area contributed by atoms with E-state index in [1.54, 1.807) is 6.20 Å². The van der Waals surface area contributed by atoms with Crippen molar-refractivity contribution in [2.75, 3.05) is 25.0 Å². The largest absolute Gasteiger partial charge is 0.389 e. The zero-order valence-corrected chi connectivity index (χ0v) is 12.8. The number of likely N-dealkylation sites (N-methyl/N-ethyl adjacent to an activating group) is 1. The second-order valence-corrected chi connectivity index (χ2v) is 5.76. The molecule has 0 aliphatic heterocycles. The van der Waals surface area contributed by atoms with Crippen molar-refractivity contribution in [1.82, 2.24) is 10.3 Å². The lowest BCUT2D eigenvalue weighted by atomic mass is 10.1. The Morgan fingerprint density at radius 3 is 2.74 bits per heavy atom. The highest BCUT2D eigenvalue weighted by molar-refractivity contribution is 5.47. The van der Waals surface area contributed by atoms with Crippen molar-refractivity contribution in [3.63, 3.8) is 0 Å². The lowest BCUT2D eigenvalue weighted by Crippen LogP contribution is -2.37. The number of aliphatic hydroxyl groups is 1. The van der Waals surface area contributed by atoms with Crippen LogP contribution in [0, 0.1) is 0 Å². The molecule has 0 aliphatic rings. The Bertz CT molecular complexity index is 387. The summed E-state index contributed by atoms with van der Waals surface area (Å²) in [6, 6.07) is 4.31. The van der Waals surface area contributed by atoms with E-state index in [9.17, 15) is 5.11 Å². The molecule has 2 N–H and O–H groups in total. The van der Waals surface area contributed by atoms with Gasteiger partial charge in [-0.1, -0.05) is 13.0 Å². The highest BCUT2D eigenvalue weighted by Crippen LogP contribution is 2.24. The molecule has 0 saturated carbocycles. The Hall–Kier alpha value is -1.13. The van der Waals surface area contributed by atoms with Crippen molar-refractivity contribution < 1.29 is 5.11 Å². The molecule has 0 amide bonds.